The molecule has 1 amide bonds. The van der Waals surface area contributed by atoms with Gasteiger partial charge in [0, 0.05) is 25.2 Å². The molecule has 0 aliphatic carbocycles. The molecule has 1 N–H and O–H groups in total. The second kappa shape index (κ2) is 8.30. The molecule has 0 radical (unpaired) electrons. The molecular formula is C19H19F3N2O3. The first-order valence-corrected chi connectivity index (χ1v) is 8.39. The van der Waals surface area contributed by atoms with Crippen LogP contribution in [0.25, 0.3) is 0 Å². The number of methoxy groups -OCH3 is 1. The molecule has 8 heteroatoms. The number of nitrogens with one attached hydrogen (secondary N) is 1. The number of hydrogen-bond acceptors (Lipinski definition) is 4. The van der Waals surface area contributed by atoms with E-state index in [0.717, 1.165) is 0 Å². The molecular weight excluding hydrogens is 361 g/mol. The van der Waals surface area contributed by atoms with Crippen LogP contribution in [0, 0.1) is 5.82 Å². The van der Waals surface area contributed by atoms with Gasteiger partial charge < -0.3 is 19.7 Å². The standard InChI is InChI=1S/C19H19F3N2O3/c1-26-17-10-13(5-6-16(17)27-19(21)22)18(25)24-8-7-23-11-15(24)12-3-2-4-14(20)9-12/h2-6,9-10,15,19,23H,7-8,11H2,1H3. The maximum Gasteiger partial charge on any atom is 0.387 e. The maximum absolute atomic E-state index is 13.6. The van der Waals surface area contributed by atoms with Gasteiger partial charge in [-0.15, -0.1) is 0 Å². The van der Waals surface area contributed by atoms with Crippen LogP contribution < -0.4 is 14.8 Å². The third-order valence-electron chi connectivity index (χ3n) is 4.36. The Bertz CT molecular complexity index is 817. The second-order valence-electron chi connectivity index (χ2n) is 6.02. The lowest BCUT2D eigenvalue weighted by Crippen LogP contribution is -2.48. The van der Waals surface area contributed by atoms with Crippen LogP contribution in [0.5, 0.6) is 11.5 Å². The summed E-state index contributed by atoms with van der Waals surface area (Å²) in [5.74, 6) is -0.780. The van der Waals surface area contributed by atoms with Crippen LogP contribution in [-0.2, 0) is 0 Å². The molecule has 1 fully saturated rings. The molecule has 5 nitrogen and oxygen atoms in total. The summed E-state index contributed by atoms with van der Waals surface area (Å²) in [5.41, 5.74) is 0.955. The van der Waals surface area contributed by atoms with E-state index in [2.05, 4.69) is 10.1 Å². The number of amides is 1. The lowest BCUT2D eigenvalue weighted by Gasteiger charge is -2.36. The minimum absolute atomic E-state index is 0.0404. The summed E-state index contributed by atoms with van der Waals surface area (Å²) < 4.78 is 48.0. The van der Waals surface area contributed by atoms with Crippen LogP contribution in [0.4, 0.5) is 13.2 Å². The zero-order valence-electron chi connectivity index (χ0n) is 14.6. The number of piperazine rings is 1. The third-order valence-corrected chi connectivity index (χ3v) is 4.36. The maximum atomic E-state index is 13.6. The topological polar surface area (TPSA) is 50.8 Å². The number of hydrogen-bond donors (Lipinski definition) is 1. The molecule has 1 heterocycles. The molecule has 1 unspecified atom stereocenters. The first-order valence-electron chi connectivity index (χ1n) is 8.39. The molecule has 0 spiro atoms. The van der Waals surface area contributed by atoms with Crippen molar-refractivity contribution in [2.75, 3.05) is 26.7 Å². The number of benzene rings is 2. The van der Waals surface area contributed by atoms with Crippen molar-refractivity contribution in [3.05, 3.63) is 59.4 Å². The molecule has 0 saturated carbocycles. The Labute approximate surface area is 154 Å². The number of carbonyl (C=O) groups excluding carboxylic acids is 1. The molecule has 0 aromatic heterocycles. The van der Waals surface area contributed by atoms with Gasteiger partial charge in [0.25, 0.3) is 5.91 Å². The quantitative estimate of drug-likeness (QED) is 0.866. The Morgan fingerprint density at radius 3 is 2.74 bits per heavy atom. The fourth-order valence-electron chi connectivity index (χ4n) is 3.12. The van der Waals surface area contributed by atoms with Gasteiger partial charge in [-0.3, -0.25) is 4.79 Å². The normalized spacial score (nSPS) is 17.1. The number of carbonyl (C=O) groups is 1. The van der Waals surface area contributed by atoms with E-state index in [4.69, 9.17) is 4.74 Å². The van der Waals surface area contributed by atoms with Gasteiger partial charge in [-0.1, -0.05) is 12.1 Å². The number of rotatable bonds is 5. The van der Waals surface area contributed by atoms with Gasteiger partial charge in [-0.25, -0.2) is 4.39 Å². The molecule has 1 saturated heterocycles. The summed E-state index contributed by atoms with van der Waals surface area (Å²) >= 11 is 0. The predicted molar refractivity (Wildman–Crippen MR) is 92.7 cm³/mol. The monoisotopic (exact) mass is 380 g/mol. The Balaban J connectivity index is 1.88. The molecule has 144 valence electrons. The molecule has 2 aromatic rings. The van der Waals surface area contributed by atoms with Gasteiger partial charge >= 0.3 is 6.61 Å². The third kappa shape index (κ3) is 4.33. The summed E-state index contributed by atoms with van der Waals surface area (Å²) in [6, 6.07) is 9.82. The van der Waals surface area contributed by atoms with Crippen molar-refractivity contribution in [3.63, 3.8) is 0 Å². The van der Waals surface area contributed by atoms with Crippen molar-refractivity contribution in [1.29, 1.82) is 0 Å². The highest BCUT2D eigenvalue weighted by molar-refractivity contribution is 5.95. The summed E-state index contributed by atoms with van der Waals surface area (Å²) in [6.07, 6.45) is 0. The SMILES string of the molecule is COc1cc(C(=O)N2CCNCC2c2cccc(F)c2)ccc1OC(F)F. The fraction of sp³-hybridized carbons (Fsp3) is 0.316. The fourth-order valence-corrected chi connectivity index (χ4v) is 3.12. The largest absolute Gasteiger partial charge is 0.493 e. The highest BCUT2D eigenvalue weighted by Crippen LogP contribution is 2.31. The lowest BCUT2D eigenvalue weighted by molar-refractivity contribution is -0.0512. The highest BCUT2D eigenvalue weighted by Gasteiger charge is 2.29. The van der Waals surface area contributed by atoms with Gasteiger partial charge in [-0.2, -0.15) is 8.78 Å². The molecule has 0 bridgehead atoms. The number of alkyl halides is 2. The Hall–Kier alpha value is -2.74. The van der Waals surface area contributed by atoms with Crippen molar-refractivity contribution in [2.24, 2.45) is 0 Å². The van der Waals surface area contributed by atoms with E-state index in [1.165, 1.54) is 37.4 Å². The number of nitrogens with zero attached hydrogens (tertiary/aromatic N) is 1. The van der Waals surface area contributed by atoms with Crippen LogP contribution in [0.15, 0.2) is 42.5 Å². The summed E-state index contributed by atoms with van der Waals surface area (Å²) in [5, 5.41) is 3.20. The van der Waals surface area contributed by atoms with Crippen LogP contribution in [0.2, 0.25) is 0 Å². The minimum atomic E-state index is -2.99. The van der Waals surface area contributed by atoms with E-state index in [9.17, 15) is 18.0 Å². The summed E-state index contributed by atoms with van der Waals surface area (Å²) in [7, 11) is 1.31. The minimum Gasteiger partial charge on any atom is -0.493 e. The molecule has 27 heavy (non-hydrogen) atoms. The highest BCUT2D eigenvalue weighted by atomic mass is 19.3. The zero-order chi connectivity index (χ0) is 19.4. The first kappa shape index (κ1) is 19.0. The Kier molecular flexibility index (Phi) is 5.85. The van der Waals surface area contributed by atoms with Crippen LogP contribution >= 0.6 is 0 Å². The second-order valence-corrected chi connectivity index (χ2v) is 6.02. The zero-order valence-corrected chi connectivity index (χ0v) is 14.6. The van der Waals surface area contributed by atoms with E-state index < -0.39 is 6.61 Å². The predicted octanol–water partition coefficient (Wildman–Crippen LogP) is 3.22. The van der Waals surface area contributed by atoms with Gasteiger partial charge in [0.1, 0.15) is 5.82 Å². The van der Waals surface area contributed by atoms with E-state index >= 15 is 0 Å². The van der Waals surface area contributed by atoms with E-state index in [-0.39, 0.29) is 34.8 Å². The smallest absolute Gasteiger partial charge is 0.387 e. The number of ether oxygens (including phenoxy) is 2. The molecule has 1 atom stereocenters. The van der Waals surface area contributed by atoms with Crippen molar-refractivity contribution in [2.45, 2.75) is 12.7 Å². The summed E-state index contributed by atoms with van der Waals surface area (Å²) in [4.78, 5) is 14.7. The van der Waals surface area contributed by atoms with Crippen molar-refractivity contribution in [3.8, 4) is 11.5 Å². The van der Waals surface area contributed by atoms with Crippen molar-refractivity contribution >= 4 is 5.91 Å². The average molecular weight is 380 g/mol. The van der Waals surface area contributed by atoms with Crippen molar-refractivity contribution in [1.82, 2.24) is 10.2 Å². The van der Waals surface area contributed by atoms with E-state index in [1.54, 1.807) is 17.0 Å². The van der Waals surface area contributed by atoms with Gasteiger partial charge in [0.2, 0.25) is 0 Å². The lowest BCUT2D eigenvalue weighted by atomic mass is 10.0. The van der Waals surface area contributed by atoms with Crippen LogP contribution in [-0.4, -0.2) is 44.2 Å². The molecule has 1 aliphatic heterocycles. The van der Waals surface area contributed by atoms with Gasteiger partial charge in [-0.05, 0) is 35.9 Å². The molecule has 2 aromatic carbocycles. The molecule has 3 rings (SSSR count). The first-order chi connectivity index (χ1) is 13.0. The van der Waals surface area contributed by atoms with Crippen LogP contribution in [0.1, 0.15) is 22.0 Å². The summed E-state index contributed by atoms with van der Waals surface area (Å²) in [6.45, 7) is -1.48. The van der Waals surface area contributed by atoms with Gasteiger partial charge in [0.05, 0.1) is 13.2 Å². The van der Waals surface area contributed by atoms with Crippen molar-refractivity contribution < 1.29 is 27.4 Å². The Morgan fingerprint density at radius 1 is 1.22 bits per heavy atom. The number of halogens is 3. The van der Waals surface area contributed by atoms with Crippen LogP contribution in [0.3, 0.4) is 0 Å². The Morgan fingerprint density at radius 2 is 2.04 bits per heavy atom. The molecule has 1 aliphatic rings. The van der Waals surface area contributed by atoms with E-state index in [0.29, 0.717) is 25.2 Å². The van der Waals surface area contributed by atoms with E-state index in [1.807, 2.05) is 0 Å². The average Bonchev–Trinajstić information content (AvgIpc) is 2.67. The van der Waals surface area contributed by atoms with Gasteiger partial charge in [0.15, 0.2) is 11.5 Å².